The van der Waals surface area contributed by atoms with Crippen LogP contribution in [0.3, 0.4) is 0 Å². The number of carbonyl (C=O) groups is 5. The van der Waals surface area contributed by atoms with Crippen molar-refractivity contribution in [3.63, 3.8) is 0 Å². The molecule has 4 fully saturated rings. The predicted molar refractivity (Wildman–Crippen MR) is 209 cm³/mol. The molecule has 3 unspecified atom stereocenters. The van der Waals surface area contributed by atoms with Crippen molar-refractivity contribution in [3.05, 3.63) is 76.1 Å². The summed E-state index contributed by atoms with van der Waals surface area (Å²) in [5.74, 6) is -0.807. The zero-order valence-electron chi connectivity index (χ0n) is 31.5. The van der Waals surface area contributed by atoms with Gasteiger partial charge in [-0.15, -0.1) is 0 Å². The number of aromatic nitrogens is 2. The Morgan fingerprint density at radius 1 is 0.912 bits per heavy atom. The normalized spacial score (nSPS) is 23.3. The van der Waals surface area contributed by atoms with E-state index in [0.29, 0.717) is 34.4 Å². The molecule has 1 aromatic heterocycles. The van der Waals surface area contributed by atoms with Gasteiger partial charge in [0, 0.05) is 88.2 Å². The molecule has 57 heavy (non-hydrogen) atoms. The molecule has 16 heteroatoms. The number of nitrogens with zero attached hydrogens (tertiary/aromatic N) is 7. The zero-order valence-corrected chi connectivity index (χ0v) is 32.2. The van der Waals surface area contributed by atoms with Crippen LogP contribution in [0.5, 0.6) is 5.75 Å². The third-order valence-electron chi connectivity index (χ3n) is 11.7. The third-order valence-corrected chi connectivity index (χ3v) is 12.1. The largest absolute Gasteiger partial charge is 0.490 e. The number of halogens is 1. The molecule has 0 radical (unpaired) electrons. The number of ether oxygens (including phenoxy) is 1. The number of carbonyl (C=O) groups excluding carboxylic acids is 5. The number of hydrogen-bond acceptors (Lipinski definition) is 12. The van der Waals surface area contributed by atoms with Gasteiger partial charge in [-0.05, 0) is 69.0 Å². The summed E-state index contributed by atoms with van der Waals surface area (Å²) in [7, 11) is 0. The molecule has 4 saturated heterocycles. The summed E-state index contributed by atoms with van der Waals surface area (Å²) >= 11 is 6.20. The van der Waals surface area contributed by atoms with Crippen molar-refractivity contribution < 1.29 is 28.7 Å². The van der Waals surface area contributed by atoms with Gasteiger partial charge in [-0.2, -0.15) is 5.26 Å². The van der Waals surface area contributed by atoms with Gasteiger partial charge < -0.3 is 19.9 Å². The Hall–Kier alpha value is -5.59. The van der Waals surface area contributed by atoms with Crippen LogP contribution in [0.25, 0.3) is 0 Å². The van der Waals surface area contributed by atoms with Crippen LogP contribution in [0.4, 0.5) is 11.6 Å². The molecule has 6 heterocycles. The number of nitrogens with one attached hydrogen (secondary N) is 2. The van der Waals surface area contributed by atoms with E-state index < -0.39 is 29.7 Å². The number of imide groups is 2. The highest BCUT2D eigenvalue weighted by Gasteiger charge is 2.46. The van der Waals surface area contributed by atoms with E-state index in [1.54, 1.807) is 48.8 Å². The van der Waals surface area contributed by atoms with Gasteiger partial charge in [-0.1, -0.05) is 18.0 Å². The fourth-order valence-corrected chi connectivity index (χ4v) is 8.99. The first-order valence-electron chi connectivity index (χ1n) is 19.7. The van der Waals surface area contributed by atoms with Crippen LogP contribution in [0.2, 0.25) is 5.02 Å². The van der Waals surface area contributed by atoms with Gasteiger partial charge >= 0.3 is 0 Å². The lowest BCUT2D eigenvalue weighted by molar-refractivity contribution is -0.136. The summed E-state index contributed by atoms with van der Waals surface area (Å²) in [6.45, 7) is 5.10. The molecule has 2 aromatic carbocycles. The van der Waals surface area contributed by atoms with E-state index in [1.165, 1.54) is 0 Å². The Kier molecular flexibility index (Phi) is 11.1. The summed E-state index contributed by atoms with van der Waals surface area (Å²) in [6, 6.07) is 11.4. The lowest BCUT2D eigenvalue weighted by Crippen LogP contribution is -2.54. The lowest BCUT2D eigenvalue weighted by atomic mass is 9.98. The molecule has 3 aromatic rings. The Balaban J connectivity index is 0.736. The van der Waals surface area contributed by atoms with Crippen molar-refractivity contribution in [3.8, 4) is 11.8 Å². The van der Waals surface area contributed by atoms with Gasteiger partial charge in [0.25, 0.3) is 17.7 Å². The van der Waals surface area contributed by atoms with Gasteiger partial charge in [0.1, 0.15) is 24.0 Å². The highest BCUT2D eigenvalue weighted by molar-refractivity contribution is 6.31. The summed E-state index contributed by atoms with van der Waals surface area (Å²) in [4.78, 5) is 80.3. The van der Waals surface area contributed by atoms with E-state index in [4.69, 9.17) is 21.6 Å². The fraction of sp³-hybridized carbons (Fsp3) is 0.463. The maximum atomic E-state index is 13.6. The summed E-state index contributed by atoms with van der Waals surface area (Å²) in [5.41, 5.74) is 2.18. The van der Waals surface area contributed by atoms with Crippen LogP contribution in [-0.2, 0) is 9.59 Å². The van der Waals surface area contributed by atoms with Crippen molar-refractivity contribution in [1.82, 2.24) is 30.0 Å². The van der Waals surface area contributed by atoms with E-state index in [2.05, 4.69) is 36.5 Å². The number of fused-ring (bicyclic) bond motifs is 3. The highest BCUT2D eigenvalue weighted by atomic mass is 35.5. The molecular formula is C41H44ClN9O6. The monoisotopic (exact) mass is 793 g/mol. The molecule has 5 amide bonds. The van der Waals surface area contributed by atoms with E-state index in [-0.39, 0.29) is 48.1 Å². The molecule has 0 spiro atoms. The maximum Gasteiger partial charge on any atom is 0.262 e. The second-order valence-electron chi connectivity index (χ2n) is 15.4. The van der Waals surface area contributed by atoms with Crippen molar-refractivity contribution in [1.29, 1.82) is 5.26 Å². The van der Waals surface area contributed by atoms with Crippen molar-refractivity contribution in [2.75, 3.05) is 49.5 Å². The molecule has 8 rings (SSSR count). The molecule has 5 aliphatic heterocycles. The van der Waals surface area contributed by atoms with Crippen LogP contribution in [0, 0.1) is 11.3 Å². The van der Waals surface area contributed by atoms with Gasteiger partial charge in [0.15, 0.2) is 0 Å². The molecule has 5 aliphatic rings. The van der Waals surface area contributed by atoms with Crippen LogP contribution in [0.1, 0.15) is 94.4 Å². The average Bonchev–Trinajstić information content (AvgIpc) is 3.63. The minimum atomic E-state index is -0.978. The first-order chi connectivity index (χ1) is 27.7. The number of unbranched alkanes of at least 4 members (excludes halogenated alkanes) is 2. The average molecular weight is 794 g/mol. The molecular weight excluding hydrogens is 750 g/mol. The second-order valence-corrected chi connectivity index (χ2v) is 15.8. The zero-order chi connectivity index (χ0) is 39.6. The number of benzene rings is 2. The Labute approximate surface area is 335 Å². The van der Waals surface area contributed by atoms with Crippen molar-refractivity contribution >= 4 is 52.8 Å². The molecule has 0 aliphatic carbocycles. The van der Waals surface area contributed by atoms with Crippen molar-refractivity contribution in [2.45, 2.75) is 82.0 Å². The number of piperazine rings is 1. The first kappa shape index (κ1) is 38.3. The Morgan fingerprint density at radius 2 is 1.65 bits per heavy atom. The number of hydrogen-bond donors (Lipinski definition) is 2. The van der Waals surface area contributed by atoms with E-state index >= 15 is 0 Å². The molecule has 2 N–H and O–H groups in total. The van der Waals surface area contributed by atoms with Gasteiger partial charge in [0.2, 0.25) is 17.8 Å². The SMILES string of the molecule is N#Cc1ccc(OC2CC3CCC(C2)N3C(=O)c2cnc(N3CCN(CCCCCNc4ccc5c(c4)C(=O)N(C4CCC(=O)NC4=O)C5=O)CC3)nc2)cc1Cl. The molecule has 15 nitrogen and oxygen atoms in total. The minimum absolute atomic E-state index is 0.0287. The van der Waals surface area contributed by atoms with Crippen LogP contribution < -0.4 is 20.3 Å². The van der Waals surface area contributed by atoms with Crippen LogP contribution in [0.15, 0.2) is 48.8 Å². The molecule has 3 atom stereocenters. The number of nitriles is 1. The topological polar surface area (TPSA) is 181 Å². The lowest BCUT2D eigenvalue weighted by Gasteiger charge is -2.39. The molecule has 296 valence electrons. The number of amides is 5. The molecule has 0 saturated carbocycles. The maximum absolute atomic E-state index is 13.6. The van der Waals surface area contributed by atoms with Crippen LogP contribution in [-0.4, -0.2) is 118 Å². The van der Waals surface area contributed by atoms with E-state index in [0.717, 1.165) is 88.3 Å². The standard InChI is InChI=1S/C41H44ClN9O6/c42-34-21-30(8-4-25(34)22-43)57-31-19-28-6-7-29(20-31)50(28)38(54)26-23-45-41(46-24-26)49-16-14-48(15-17-49)13-3-1-2-12-44-27-5-9-32-33(18-27)40(56)51(39(32)55)35-10-11-36(52)47-37(35)53/h4-5,8-9,18,21,23-24,28-29,31,35,44H,1-3,6-7,10-17,19-20H2,(H,47,52,53). The smallest absolute Gasteiger partial charge is 0.262 e. The quantitative estimate of drug-likeness (QED) is 0.199. The Morgan fingerprint density at radius 3 is 2.35 bits per heavy atom. The number of rotatable bonds is 12. The predicted octanol–water partition coefficient (Wildman–Crippen LogP) is 4.02. The van der Waals surface area contributed by atoms with E-state index in [1.807, 2.05) is 4.90 Å². The molecule has 2 bridgehead atoms. The second kappa shape index (κ2) is 16.5. The number of piperidine rings is 2. The number of anilines is 2. The summed E-state index contributed by atoms with van der Waals surface area (Å²) in [6.07, 6.45) is 9.84. The third kappa shape index (κ3) is 8.01. The summed E-state index contributed by atoms with van der Waals surface area (Å²) in [5, 5.41) is 15.1. The fourth-order valence-electron chi connectivity index (χ4n) is 8.77. The summed E-state index contributed by atoms with van der Waals surface area (Å²) < 4.78 is 6.23. The van der Waals surface area contributed by atoms with E-state index in [9.17, 15) is 24.0 Å². The van der Waals surface area contributed by atoms with Gasteiger partial charge in [-0.25, -0.2) is 9.97 Å². The van der Waals surface area contributed by atoms with Crippen LogP contribution >= 0.6 is 11.6 Å². The van der Waals surface area contributed by atoms with Gasteiger partial charge in [-0.3, -0.25) is 39.1 Å². The minimum Gasteiger partial charge on any atom is -0.490 e. The van der Waals surface area contributed by atoms with Crippen molar-refractivity contribution in [2.24, 2.45) is 0 Å². The Bertz CT molecular complexity index is 2100. The van der Waals surface area contributed by atoms with Gasteiger partial charge in [0.05, 0.1) is 27.3 Å². The highest BCUT2D eigenvalue weighted by Crippen LogP contribution is 2.39. The first-order valence-corrected chi connectivity index (χ1v) is 20.1.